The normalized spacial score (nSPS) is 23.4. The Balaban J connectivity index is 1.26. The van der Waals surface area contributed by atoms with Gasteiger partial charge in [0.1, 0.15) is 5.75 Å². The molecule has 2 bridgehead atoms. The minimum atomic E-state index is -4.85. The van der Waals surface area contributed by atoms with Gasteiger partial charge in [-0.25, -0.2) is 4.98 Å². The lowest BCUT2D eigenvalue weighted by atomic mass is 9.76. The van der Waals surface area contributed by atoms with E-state index in [2.05, 4.69) is 20.4 Å². The van der Waals surface area contributed by atoms with Crippen LogP contribution in [0.2, 0.25) is 10.0 Å². The Morgan fingerprint density at radius 2 is 1.88 bits per heavy atom. The van der Waals surface area contributed by atoms with Crippen LogP contribution in [-0.2, 0) is 4.79 Å². The molecule has 12 heteroatoms. The molecule has 2 aromatic rings. The fourth-order valence-electron chi connectivity index (χ4n) is 4.30. The second-order valence-electron chi connectivity index (χ2n) is 8.08. The molecule has 2 amide bonds. The highest BCUT2D eigenvalue weighted by molar-refractivity contribution is 6.42. The zero-order valence-electron chi connectivity index (χ0n) is 16.9. The van der Waals surface area contributed by atoms with Crippen LogP contribution in [0, 0.1) is 5.92 Å². The summed E-state index contributed by atoms with van der Waals surface area (Å²) in [5.74, 6) is -0.780. The summed E-state index contributed by atoms with van der Waals surface area (Å²) >= 11 is 11.8. The molecule has 0 spiro atoms. The van der Waals surface area contributed by atoms with Crippen molar-refractivity contribution in [3.8, 4) is 11.6 Å². The first-order chi connectivity index (χ1) is 15.5. The van der Waals surface area contributed by atoms with Gasteiger partial charge in [-0.05, 0) is 43.4 Å². The van der Waals surface area contributed by atoms with Crippen LogP contribution in [0.1, 0.15) is 29.6 Å². The first kappa shape index (κ1) is 23.4. The topological polar surface area (TPSA) is 89.6 Å². The molecule has 176 valence electrons. The van der Waals surface area contributed by atoms with Gasteiger partial charge in [-0.15, -0.1) is 13.2 Å². The van der Waals surface area contributed by atoms with E-state index in [-0.39, 0.29) is 30.0 Å². The van der Waals surface area contributed by atoms with Gasteiger partial charge in [0, 0.05) is 29.9 Å². The molecule has 1 aromatic carbocycles. The number of rotatable bonds is 7. The lowest BCUT2D eigenvalue weighted by Crippen LogP contribution is -2.53. The summed E-state index contributed by atoms with van der Waals surface area (Å²) in [7, 11) is 0. The summed E-state index contributed by atoms with van der Waals surface area (Å²) in [6.07, 6.45) is -1.86. The molecule has 0 unspecified atom stereocenters. The van der Waals surface area contributed by atoms with Gasteiger partial charge < -0.3 is 20.1 Å². The van der Waals surface area contributed by atoms with Crippen molar-refractivity contribution in [2.75, 3.05) is 6.61 Å². The molecule has 0 saturated heterocycles. The van der Waals surface area contributed by atoms with E-state index in [1.807, 2.05) is 0 Å². The zero-order valence-corrected chi connectivity index (χ0v) is 18.4. The Morgan fingerprint density at radius 3 is 2.52 bits per heavy atom. The number of benzene rings is 1. The van der Waals surface area contributed by atoms with Crippen LogP contribution in [0.5, 0.6) is 11.6 Å². The standard InChI is InChI=1S/C21H18Cl2F3N3O4/c22-14-3-2-13(5-15(14)23)32-10-17(30)29-20-6-12(7-20)16(8-20)28-19(31)11-1-4-18(27-9-11)33-21(24,25)26/h1-5,9,12,16H,6-8,10H2,(H,28,31)(H,29,30)/t12?,16-,20?/m1/s1. The highest BCUT2D eigenvalue weighted by Gasteiger charge is 2.57. The Morgan fingerprint density at radius 1 is 1.12 bits per heavy atom. The third-order valence-corrected chi connectivity index (χ3v) is 6.43. The van der Waals surface area contributed by atoms with E-state index in [9.17, 15) is 22.8 Å². The third-order valence-electron chi connectivity index (χ3n) is 5.69. The fraction of sp³-hybridized carbons (Fsp3) is 0.381. The summed E-state index contributed by atoms with van der Waals surface area (Å²) in [6.45, 7) is -0.195. The molecule has 1 heterocycles. The maximum atomic E-state index is 12.5. The number of aromatic nitrogens is 1. The maximum Gasteiger partial charge on any atom is 0.574 e. The molecule has 5 rings (SSSR count). The van der Waals surface area contributed by atoms with Gasteiger partial charge in [0.05, 0.1) is 15.6 Å². The van der Waals surface area contributed by atoms with Gasteiger partial charge in [-0.1, -0.05) is 23.2 Å². The van der Waals surface area contributed by atoms with E-state index >= 15 is 0 Å². The van der Waals surface area contributed by atoms with Crippen molar-refractivity contribution >= 4 is 35.0 Å². The molecule has 1 atom stereocenters. The van der Waals surface area contributed by atoms with E-state index < -0.39 is 23.7 Å². The van der Waals surface area contributed by atoms with Gasteiger partial charge in [-0.2, -0.15) is 0 Å². The number of hydrogen-bond acceptors (Lipinski definition) is 5. The first-order valence-electron chi connectivity index (χ1n) is 9.93. The smallest absolute Gasteiger partial charge is 0.484 e. The van der Waals surface area contributed by atoms with Crippen LogP contribution >= 0.6 is 23.2 Å². The van der Waals surface area contributed by atoms with E-state index in [1.54, 1.807) is 12.1 Å². The van der Waals surface area contributed by atoms with Crippen molar-refractivity contribution < 1.29 is 32.2 Å². The molecule has 3 saturated carbocycles. The summed E-state index contributed by atoms with van der Waals surface area (Å²) in [6, 6.07) is 6.72. The number of nitrogens with zero attached hydrogens (tertiary/aromatic N) is 1. The maximum absolute atomic E-state index is 12.5. The number of pyridine rings is 1. The van der Waals surface area contributed by atoms with Crippen molar-refractivity contribution in [2.45, 2.75) is 37.2 Å². The number of halogens is 5. The third kappa shape index (κ3) is 5.62. The van der Waals surface area contributed by atoms with Crippen molar-refractivity contribution in [3.63, 3.8) is 0 Å². The van der Waals surface area contributed by atoms with Crippen molar-refractivity contribution in [1.29, 1.82) is 0 Å². The van der Waals surface area contributed by atoms with Crippen molar-refractivity contribution in [2.24, 2.45) is 5.92 Å². The van der Waals surface area contributed by atoms with Crippen LogP contribution in [0.3, 0.4) is 0 Å². The van der Waals surface area contributed by atoms with Crippen molar-refractivity contribution in [3.05, 3.63) is 52.1 Å². The van der Waals surface area contributed by atoms with E-state index in [1.165, 1.54) is 12.1 Å². The quantitative estimate of drug-likeness (QED) is 0.592. The molecule has 33 heavy (non-hydrogen) atoms. The van der Waals surface area contributed by atoms with Crippen molar-refractivity contribution in [1.82, 2.24) is 15.6 Å². The number of ether oxygens (including phenoxy) is 2. The minimum absolute atomic E-state index is 0.113. The molecule has 1 aromatic heterocycles. The summed E-state index contributed by atoms with van der Waals surface area (Å²) in [5, 5.41) is 6.55. The molecular weight excluding hydrogens is 486 g/mol. The molecule has 0 aliphatic heterocycles. The van der Waals surface area contributed by atoms with Gasteiger partial charge >= 0.3 is 6.36 Å². The number of hydrogen-bond donors (Lipinski definition) is 2. The molecule has 3 aliphatic rings. The van der Waals surface area contributed by atoms with Crippen LogP contribution < -0.4 is 20.1 Å². The lowest BCUT2D eigenvalue weighted by Gasteiger charge is -2.39. The SMILES string of the molecule is O=C(COc1ccc(Cl)c(Cl)c1)NC12CC(C1)[C@H](NC(=O)c1ccc(OC(F)(F)F)nc1)C2. The zero-order chi connectivity index (χ0) is 23.8. The fourth-order valence-corrected chi connectivity index (χ4v) is 4.59. The molecule has 0 radical (unpaired) electrons. The number of amides is 2. The van der Waals surface area contributed by atoms with Crippen LogP contribution in [-0.4, -0.2) is 41.3 Å². The largest absolute Gasteiger partial charge is 0.574 e. The average molecular weight is 504 g/mol. The second-order valence-corrected chi connectivity index (χ2v) is 8.89. The van der Waals surface area contributed by atoms with Crippen LogP contribution in [0.4, 0.5) is 13.2 Å². The first-order valence-corrected chi connectivity index (χ1v) is 10.7. The number of fused-ring (bicyclic) bond motifs is 1. The van der Waals surface area contributed by atoms with E-state index in [4.69, 9.17) is 27.9 Å². The predicted molar refractivity (Wildman–Crippen MR) is 112 cm³/mol. The molecule has 2 N–H and O–H groups in total. The van der Waals surface area contributed by atoms with Crippen LogP contribution in [0.15, 0.2) is 36.5 Å². The highest BCUT2D eigenvalue weighted by Crippen LogP contribution is 2.52. The molecule has 7 nitrogen and oxygen atoms in total. The summed E-state index contributed by atoms with van der Waals surface area (Å²) < 4.78 is 45.8. The predicted octanol–water partition coefficient (Wildman–Crippen LogP) is 4.13. The van der Waals surface area contributed by atoms with Gasteiger partial charge in [-0.3, -0.25) is 9.59 Å². The Labute approximate surface area is 196 Å². The van der Waals surface area contributed by atoms with E-state index in [0.29, 0.717) is 35.1 Å². The number of carbonyl (C=O) groups is 2. The van der Waals surface area contributed by atoms with Gasteiger partial charge in [0.15, 0.2) is 6.61 Å². The second kappa shape index (κ2) is 8.90. The van der Waals surface area contributed by atoms with Gasteiger partial charge in [0.25, 0.3) is 11.8 Å². The Hall–Kier alpha value is -2.72. The molecule has 3 aliphatic carbocycles. The molecule has 3 fully saturated rings. The average Bonchev–Trinajstić information content (AvgIpc) is 3.21. The van der Waals surface area contributed by atoms with Gasteiger partial charge in [0.2, 0.25) is 5.88 Å². The monoisotopic (exact) mass is 503 g/mol. The van der Waals surface area contributed by atoms with E-state index in [0.717, 1.165) is 12.3 Å². The van der Waals surface area contributed by atoms with Crippen LogP contribution in [0.25, 0.3) is 0 Å². The summed E-state index contributed by atoms with van der Waals surface area (Å²) in [5.41, 5.74) is -0.301. The number of alkyl halides is 3. The lowest BCUT2D eigenvalue weighted by molar-refractivity contribution is -0.276. The number of nitrogens with one attached hydrogen (secondary N) is 2. The summed E-state index contributed by atoms with van der Waals surface area (Å²) in [4.78, 5) is 28.3. The Kier molecular flexibility index (Phi) is 6.32. The highest BCUT2D eigenvalue weighted by atomic mass is 35.5. The number of carbonyl (C=O) groups excluding carboxylic acids is 2. The minimum Gasteiger partial charge on any atom is -0.484 e. The molecular formula is C21H18Cl2F3N3O4. The Bertz CT molecular complexity index is 1060.